The first-order valence-electron chi connectivity index (χ1n) is 17.9. The highest BCUT2D eigenvalue weighted by atomic mass is 32.2. The third-order valence-electron chi connectivity index (χ3n) is 11.2. The lowest BCUT2D eigenvalue weighted by atomic mass is 9.91. The number of hydrogen-bond donors (Lipinski definition) is 0. The van der Waals surface area contributed by atoms with Gasteiger partial charge in [-0.25, -0.2) is 0 Å². The van der Waals surface area contributed by atoms with Crippen molar-refractivity contribution in [2.45, 2.75) is 16.6 Å². The van der Waals surface area contributed by atoms with Crippen molar-refractivity contribution in [3.63, 3.8) is 0 Å². The van der Waals surface area contributed by atoms with Crippen LogP contribution in [-0.4, -0.2) is 14.4 Å². The number of thiophene rings is 1. The summed E-state index contributed by atoms with van der Waals surface area (Å²) in [6.45, 7) is 0. The zero-order valence-electron chi connectivity index (χ0n) is 28.1. The summed E-state index contributed by atoms with van der Waals surface area (Å²) in [5.74, 6) is 0. The molecule has 4 heteroatoms. The quantitative estimate of drug-likeness (QED) is 0.179. The molecule has 4 heterocycles. The van der Waals surface area contributed by atoms with Crippen LogP contribution in [0.5, 0.6) is 0 Å². The van der Waals surface area contributed by atoms with Gasteiger partial charge >= 0.3 is 0 Å². The molecule has 0 amide bonds. The number of benzene rings is 7. The molecule has 0 radical (unpaired) electrons. The molecule has 0 fully saturated rings. The van der Waals surface area contributed by atoms with Gasteiger partial charge in [0.05, 0.1) is 22.1 Å². The van der Waals surface area contributed by atoms with Gasteiger partial charge < -0.3 is 9.13 Å². The molecule has 1 aliphatic heterocycles. The summed E-state index contributed by atoms with van der Waals surface area (Å²) in [5.41, 5.74) is 14.2. The first kappa shape index (κ1) is 28.8. The van der Waals surface area contributed by atoms with Gasteiger partial charge in [0.2, 0.25) is 0 Å². The van der Waals surface area contributed by atoms with E-state index in [1.165, 1.54) is 103 Å². The molecule has 3 aromatic heterocycles. The molecule has 7 aromatic carbocycles. The Balaban J connectivity index is 0.992. The number of para-hydroxylation sites is 3. The molecule has 2 nitrogen and oxygen atoms in total. The van der Waals surface area contributed by atoms with Crippen molar-refractivity contribution in [3.05, 3.63) is 174 Å². The van der Waals surface area contributed by atoms with E-state index in [-0.39, 0.29) is 0 Å². The van der Waals surface area contributed by atoms with Crippen LogP contribution in [0.15, 0.2) is 163 Å². The fourth-order valence-electron chi connectivity index (χ4n) is 8.91. The molecule has 0 saturated heterocycles. The van der Waals surface area contributed by atoms with Gasteiger partial charge in [-0.2, -0.15) is 0 Å². The summed E-state index contributed by atoms with van der Waals surface area (Å²) >= 11 is 3.98. The third-order valence-corrected chi connectivity index (χ3v) is 13.7. The molecule has 1 atom stereocenters. The molecule has 10 aromatic rings. The Morgan fingerprint density at radius 2 is 1.10 bits per heavy atom. The van der Waals surface area contributed by atoms with Crippen LogP contribution in [-0.2, 0) is 6.42 Å². The summed E-state index contributed by atoms with van der Waals surface area (Å²) in [6, 6.07) is 58.3. The molecule has 0 bridgehead atoms. The third kappa shape index (κ3) is 4.08. The lowest BCUT2D eigenvalue weighted by Gasteiger charge is -2.17. The number of aromatic nitrogens is 2. The lowest BCUT2D eigenvalue weighted by molar-refractivity contribution is 1.05. The van der Waals surface area contributed by atoms with E-state index in [1.807, 2.05) is 23.1 Å². The predicted molar refractivity (Wildman–Crippen MR) is 224 cm³/mol. The van der Waals surface area contributed by atoms with Gasteiger partial charge in [-0.3, -0.25) is 0 Å². The van der Waals surface area contributed by atoms with Crippen LogP contribution >= 0.6 is 23.1 Å². The number of thioether (sulfide) groups is 1. The standard InChI is InChI=1S/C48H30N2S2/c1-2-10-31(11-3-1)49-41-15-7-4-12-33(41)37-24-29(18-22-43(37)49)30-19-23-44-38(25-30)34-13-5-8-16-42(34)50(44)32-20-21-36-40-28-47-39(27-48(40)52-46(36)26-32)35-14-6-9-17-45(35)51-47/h1-27,47H,28H2. The monoisotopic (exact) mass is 698 g/mol. The molecule has 1 unspecified atom stereocenters. The highest BCUT2D eigenvalue weighted by molar-refractivity contribution is 8.00. The maximum Gasteiger partial charge on any atom is 0.0541 e. The van der Waals surface area contributed by atoms with Gasteiger partial charge in [0, 0.05) is 52.6 Å². The second kappa shape index (κ2) is 10.8. The van der Waals surface area contributed by atoms with Crippen molar-refractivity contribution in [3.8, 4) is 22.5 Å². The minimum Gasteiger partial charge on any atom is -0.309 e. The van der Waals surface area contributed by atoms with Crippen molar-refractivity contribution >= 4 is 88.4 Å². The Labute approximate surface area is 308 Å². The Bertz CT molecular complexity index is 3140. The van der Waals surface area contributed by atoms with Crippen LogP contribution in [0.2, 0.25) is 0 Å². The van der Waals surface area contributed by atoms with E-state index in [1.54, 1.807) is 0 Å². The minimum atomic E-state index is 0.511. The van der Waals surface area contributed by atoms with Gasteiger partial charge in [0.15, 0.2) is 0 Å². The molecule has 0 spiro atoms. The van der Waals surface area contributed by atoms with E-state index < -0.39 is 0 Å². The summed E-state index contributed by atoms with van der Waals surface area (Å²) in [5, 5.41) is 7.02. The lowest BCUT2D eigenvalue weighted by Crippen LogP contribution is -2.09. The van der Waals surface area contributed by atoms with E-state index >= 15 is 0 Å². The highest BCUT2D eigenvalue weighted by Crippen LogP contribution is 2.52. The molecule has 0 N–H and O–H groups in total. The molecular weight excluding hydrogens is 669 g/mol. The number of hydrogen-bond acceptors (Lipinski definition) is 2. The summed E-state index contributed by atoms with van der Waals surface area (Å²) < 4.78 is 6.21. The Hall–Kier alpha value is -5.81. The Morgan fingerprint density at radius 1 is 0.481 bits per heavy atom. The second-order valence-electron chi connectivity index (χ2n) is 14.0. The van der Waals surface area contributed by atoms with Crippen LogP contribution < -0.4 is 0 Å². The van der Waals surface area contributed by atoms with Gasteiger partial charge in [-0.05, 0) is 112 Å². The van der Waals surface area contributed by atoms with Crippen molar-refractivity contribution < 1.29 is 0 Å². The Morgan fingerprint density at radius 3 is 1.83 bits per heavy atom. The zero-order valence-corrected chi connectivity index (χ0v) is 29.7. The van der Waals surface area contributed by atoms with Crippen LogP contribution in [0, 0.1) is 0 Å². The Kier molecular flexibility index (Phi) is 6.02. The number of fused-ring (bicyclic) bond motifs is 12. The largest absolute Gasteiger partial charge is 0.309 e. The van der Waals surface area contributed by atoms with Crippen LogP contribution in [0.3, 0.4) is 0 Å². The van der Waals surface area contributed by atoms with Crippen molar-refractivity contribution in [2.75, 3.05) is 0 Å². The fourth-order valence-corrected chi connectivity index (χ4v) is 11.5. The van der Waals surface area contributed by atoms with Gasteiger partial charge in [0.25, 0.3) is 0 Å². The molecule has 12 rings (SSSR count). The topological polar surface area (TPSA) is 9.86 Å². The average Bonchev–Trinajstić information content (AvgIpc) is 3.94. The summed E-state index contributed by atoms with van der Waals surface area (Å²) in [6.07, 6.45) is 3.57. The SMILES string of the molecule is C1=C2c3ccccc3SC2Cc2c1sc1cc(-n3c4ccccc4c4cc(-c5ccc6c(c5)c5ccccc5n6-c5ccccc5)ccc43)ccc21. The van der Waals surface area contributed by atoms with Gasteiger partial charge in [-0.15, -0.1) is 23.1 Å². The normalized spacial score (nSPS) is 15.1. The molecule has 244 valence electrons. The van der Waals surface area contributed by atoms with Crippen LogP contribution in [0.4, 0.5) is 0 Å². The molecule has 52 heavy (non-hydrogen) atoms. The van der Waals surface area contributed by atoms with Crippen LogP contribution in [0.1, 0.15) is 16.0 Å². The van der Waals surface area contributed by atoms with E-state index in [9.17, 15) is 0 Å². The van der Waals surface area contributed by atoms with Gasteiger partial charge in [0.1, 0.15) is 0 Å². The summed E-state index contributed by atoms with van der Waals surface area (Å²) in [4.78, 5) is 2.85. The first-order valence-corrected chi connectivity index (χ1v) is 19.6. The average molecular weight is 699 g/mol. The number of nitrogens with zero attached hydrogens (tertiary/aromatic N) is 2. The van der Waals surface area contributed by atoms with Crippen molar-refractivity contribution in [1.29, 1.82) is 0 Å². The predicted octanol–water partition coefficient (Wildman–Crippen LogP) is 13.3. The smallest absolute Gasteiger partial charge is 0.0541 e. The second-order valence-corrected chi connectivity index (χ2v) is 16.4. The maximum absolute atomic E-state index is 2.48. The van der Waals surface area contributed by atoms with E-state index in [0.29, 0.717) is 5.25 Å². The zero-order chi connectivity index (χ0) is 33.9. The van der Waals surface area contributed by atoms with Crippen molar-refractivity contribution in [2.24, 2.45) is 0 Å². The van der Waals surface area contributed by atoms with Gasteiger partial charge in [-0.1, -0.05) is 91.0 Å². The summed E-state index contributed by atoms with van der Waals surface area (Å²) in [7, 11) is 0. The molecule has 0 saturated carbocycles. The van der Waals surface area contributed by atoms with Crippen molar-refractivity contribution in [1.82, 2.24) is 9.13 Å². The molecule has 2 aliphatic rings. The van der Waals surface area contributed by atoms with E-state index in [4.69, 9.17) is 0 Å². The minimum absolute atomic E-state index is 0.511. The van der Waals surface area contributed by atoms with Crippen LogP contribution in [0.25, 0.3) is 87.8 Å². The molecular formula is C48H30N2S2. The highest BCUT2D eigenvalue weighted by Gasteiger charge is 2.32. The first-order chi connectivity index (χ1) is 25.8. The number of rotatable bonds is 3. The van der Waals surface area contributed by atoms with E-state index in [2.05, 4.69) is 173 Å². The van der Waals surface area contributed by atoms with E-state index in [0.717, 1.165) is 6.42 Å². The molecule has 1 aliphatic carbocycles. The fraction of sp³-hybridized carbons (Fsp3) is 0.0417. The maximum atomic E-state index is 2.48.